The molecule has 138 valence electrons. The van der Waals surface area contributed by atoms with E-state index < -0.39 is 0 Å². The van der Waals surface area contributed by atoms with Gasteiger partial charge in [0.2, 0.25) is 0 Å². The van der Waals surface area contributed by atoms with Gasteiger partial charge in [0.15, 0.2) is 10.9 Å². The molecule has 3 rings (SSSR count). The lowest BCUT2D eigenvalue weighted by Crippen LogP contribution is -2.23. The molecule has 2 aromatic carbocycles. The van der Waals surface area contributed by atoms with Gasteiger partial charge in [0, 0.05) is 17.1 Å². The third-order valence-electron chi connectivity index (χ3n) is 4.21. The second-order valence-corrected chi connectivity index (χ2v) is 7.40. The van der Waals surface area contributed by atoms with E-state index in [1.807, 2.05) is 24.3 Å². The summed E-state index contributed by atoms with van der Waals surface area (Å²) in [5, 5.41) is 1.49. The van der Waals surface area contributed by atoms with Crippen LogP contribution >= 0.6 is 23.4 Å². The Morgan fingerprint density at radius 3 is 2.67 bits per heavy atom. The quantitative estimate of drug-likeness (QED) is 0.249. The van der Waals surface area contributed by atoms with Gasteiger partial charge in [-0.1, -0.05) is 60.6 Å². The second kappa shape index (κ2) is 8.55. The molecule has 0 aliphatic rings. The molecule has 0 aliphatic heterocycles. The molecule has 0 aliphatic carbocycles. The minimum absolute atomic E-state index is 0.00625. The average Bonchev–Trinajstić information content (AvgIpc) is 2.68. The Bertz CT molecular complexity index is 1060. The van der Waals surface area contributed by atoms with Crippen LogP contribution in [-0.4, -0.2) is 21.1 Å². The Balaban J connectivity index is 1.90. The summed E-state index contributed by atoms with van der Waals surface area (Å²) in [5.74, 6) is 0.189. The Morgan fingerprint density at radius 2 is 2.00 bits per heavy atom. The first-order valence-corrected chi connectivity index (χ1v) is 9.95. The molecule has 27 heavy (non-hydrogen) atoms. The summed E-state index contributed by atoms with van der Waals surface area (Å²) in [5.41, 5.74) is 2.20. The maximum absolute atomic E-state index is 12.8. The first-order valence-electron chi connectivity index (χ1n) is 8.59. The van der Waals surface area contributed by atoms with Crippen molar-refractivity contribution < 1.29 is 4.79 Å². The summed E-state index contributed by atoms with van der Waals surface area (Å²) in [6, 6.07) is 12.6. The molecule has 1 aromatic heterocycles. The van der Waals surface area contributed by atoms with Crippen molar-refractivity contribution >= 4 is 40.0 Å². The highest BCUT2D eigenvalue weighted by Gasteiger charge is 2.14. The monoisotopic (exact) mass is 398 g/mol. The maximum Gasteiger partial charge on any atom is 0.262 e. The molecule has 0 unspecified atom stereocenters. The molecule has 0 N–H and O–H groups in total. The Hall–Kier alpha value is -2.37. The number of allylic oxidation sites excluding steroid dienone is 1. The van der Waals surface area contributed by atoms with Crippen LogP contribution in [0.4, 0.5) is 0 Å². The molecule has 1 heterocycles. The van der Waals surface area contributed by atoms with E-state index in [-0.39, 0.29) is 17.1 Å². The van der Waals surface area contributed by atoms with E-state index in [2.05, 4.69) is 18.5 Å². The van der Waals surface area contributed by atoms with Gasteiger partial charge in [0.25, 0.3) is 5.56 Å². The number of hydrogen-bond donors (Lipinski definition) is 0. The van der Waals surface area contributed by atoms with Crippen molar-refractivity contribution in [2.24, 2.45) is 0 Å². The lowest BCUT2D eigenvalue weighted by molar-refractivity contribution is 0.102. The van der Waals surface area contributed by atoms with E-state index in [0.717, 1.165) is 6.42 Å². The normalized spacial score (nSPS) is 10.9. The number of rotatable bonds is 7. The minimum Gasteiger partial charge on any atom is -0.293 e. The van der Waals surface area contributed by atoms with E-state index in [1.54, 1.807) is 24.3 Å². The van der Waals surface area contributed by atoms with Gasteiger partial charge in [-0.05, 0) is 30.2 Å². The van der Waals surface area contributed by atoms with Crippen LogP contribution in [0.3, 0.4) is 0 Å². The fraction of sp³-hybridized carbons (Fsp3) is 0.190. The van der Waals surface area contributed by atoms with Crippen LogP contribution in [0.25, 0.3) is 10.9 Å². The maximum atomic E-state index is 12.8. The first kappa shape index (κ1) is 19.4. The lowest BCUT2D eigenvalue weighted by Gasteiger charge is -2.11. The van der Waals surface area contributed by atoms with Crippen molar-refractivity contribution in [1.82, 2.24) is 9.55 Å². The molecule has 6 heteroatoms. The fourth-order valence-electron chi connectivity index (χ4n) is 2.71. The van der Waals surface area contributed by atoms with Crippen LogP contribution in [0.15, 0.2) is 65.1 Å². The summed E-state index contributed by atoms with van der Waals surface area (Å²) >= 11 is 7.28. The van der Waals surface area contributed by atoms with Crippen LogP contribution in [0, 0.1) is 0 Å². The van der Waals surface area contributed by atoms with Crippen LogP contribution in [0.2, 0.25) is 5.02 Å². The van der Waals surface area contributed by atoms with E-state index >= 15 is 0 Å². The zero-order valence-electron chi connectivity index (χ0n) is 14.9. The summed E-state index contributed by atoms with van der Waals surface area (Å²) in [6.45, 7) is 6.10. The molecule has 0 spiro atoms. The van der Waals surface area contributed by atoms with Crippen LogP contribution in [0.5, 0.6) is 0 Å². The SMILES string of the molecule is C=CCn1c(SCC(=O)c2ccc(CC)cc2)nc2cc(Cl)ccc2c1=O. The van der Waals surface area contributed by atoms with Crippen molar-refractivity contribution in [1.29, 1.82) is 0 Å². The number of carbonyl (C=O) groups is 1. The lowest BCUT2D eigenvalue weighted by atomic mass is 10.1. The van der Waals surface area contributed by atoms with Crippen LogP contribution in [0.1, 0.15) is 22.8 Å². The molecule has 0 atom stereocenters. The van der Waals surface area contributed by atoms with Crippen molar-refractivity contribution in [3.63, 3.8) is 0 Å². The van der Waals surface area contributed by atoms with E-state index in [4.69, 9.17) is 11.6 Å². The molecule has 0 bridgehead atoms. The van der Waals surface area contributed by atoms with Gasteiger partial charge in [-0.25, -0.2) is 4.98 Å². The van der Waals surface area contributed by atoms with Gasteiger partial charge >= 0.3 is 0 Å². The summed E-state index contributed by atoms with van der Waals surface area (Å²) in [6.07, 6.45) is 2.57. The zero-order chi connectivity index (χ0) is 19.4. The van der Waals surface area contributed by atoms with Gasteiger partial charge in [-0.3, -0.25) is 14.2 Å². The Kier molecular flexibility index (Phi) is 6.14. The van der Waals surface area contributed by atoms with Crippen LogP contribution < -0.4 is 5.56 Å². The molecule has 4 nitrogen and oxygen atoms in total. The summed E-state index contributed by atoms with van der Waals surface area (Å²) < 4.78 is 1.53. The summed E-state index contributed by atoms with van der Waals surface area (Å²) in [4.78, 5) is 29.8. The molecule has 0 fully saturated rings. The number of aryl methyl sites for hydroxylation is 1. The minimum atomic E-state index is -0.168. The number of hydrogen-bond acceptors (Lipinski definition) is 4. The number of halogens is 1. The third-order valence-corrected chi connectivity index (χ3v) is 5.42. The van der Waals surface area contributed by atoms with E-state index in [1.165, 1.54) is 21.9 Å². The second-order valence-electron chi connectivity index (χ2n) is 6.02. The van der Waals surface area contributed by atoms with E-state index in [0.29, 0.717) is 33.2 Å². The predicted octanol–water partition coefficient (Wildman–Crippen LogP) is 4.77. The van der Waals surface area contributed by atoms with Crippen molar-refractivity contribution in [3.8, 4) is 0 Å². The third kappa shape index (κ3) is 4.31. The Morgan fingerprint density at radius 1 is 1.26 bits per heavy atom. The number of fused-ring (bicyclic) bond motifs is 1. The molecule has 3 aromatic rings. The largest absolute Gasteiger partial charge is 0.293 e. The first-order chi connectivity index (χ1) is 13.0. The van der Waals surface area contributed by atoms with Gasteiger partial charge < -0.3 is 0 Å². The zero-order valence-corrected chi connectivity index (χ0v) is 16.5. The summed E-state index contributed by atoms with van der Waals surface area (Å²) in [7, 11) is 0. The molecule has 0 radical (unpaired) electrons. The molecular formula is C21H19ClN2O2S. The number of aromatic nitrogens is 2. The van der Waals surface area contributed by atoms with E-state index in [9.17, 15) is 9.59 Å². The fourth-order valence-corrected chi connectivity index (χ4v) is 3.78. The highest BCUT2D eigenvalue weighted by Crippen LogP contribution is 2.21. The van der Waals surface area contributed by atoms with Crippen molar-refractivity contribution in [3.05, 3.63) is 81.6 Å². The van der Waals surface area contributed by atoms with Gasteiger partial charge in [0.1, 0.15) is 0 Å². The molecular weight excluding hydrogens is 380 g/mol. The number of benzene rings is 2. The smallest absolute Gasteiger partial charge is 0.262 e. The number of nitrogens with zero attached hydrogens (tertiary/aromatic N) is 2. The van der Waals surface area contributed by atoms with Gasteiger partial charge in [-0.15, -0.1) is 6.58 Å². The number of thioether (sulfide) groups is 1. The van der Waals surface area contributed by atoms with Crippen LogP contribution in [-0.2, 0) is 13.0 Å². The highest BCUT2D eigenvalue weighted by atomic mass is 35.5. The average molecular weight is 399 g/mol. The standard InChI is InChI=1S/C21H19ClN2O2S/c1-3-11-24-20(26)17-10-9-16(22)12-18(17)23-21(24)27-13-19(25)15-7-5-14(4-2)6-8-15/h3,5-10,12H,1,4,11,13H2,2H3. The van der Waals surface area contributed by atoms with Crippen molar-refractivity contribution in [2.75, 3.05) is 5.75 Å². The molecule has 0 saturated carbocycles. The number of Topliss-reactive ketones (excluding diaryl/α,β-unsaturated/α-hetero) is 1. The van der Waals surface area contributed by atoms with Gasteiger partial charge in [0.05, 0.1) is 16.7 Å². The number of ketones is 1. The molecule has 0 saturated heterocycles. The highest BCUT2D eigenvalue weighted by molar-refractivity contribution is 7.99. The topological polar surface area (TPSA) is 52.0 Å². The molecule has 0 amide bonds. The predicted molar refractivity (Wildman–Crippen MR) is 112 cm³/mol. The Labute approximate surface area is 166 Å². The number of carbonyl (C=O) groups excluding carboxylic acids is 1. The van der Waals surface area contributed by atoms with Crippen molar-refractivity contribution in [2.45, 2.75) is 25.0 Å². The van der Waals surface area contributed by atoms with Gasteiger partial charge in [-0.2, -0.15) is 0 Å².